The van der Waals surface area contributed by atoms with Crippen LogP contribution in [0.1, 0.15) is 37.9 Å². The van der Waals surface area contributed by atoms with Gasteiger partial charge in [0.2, 0.25) is 11.8 Å². The van der Waals surface area contributed by atoms with Crippen LogP contribution in [0.4, 0.5) is 0 Å². The molecular formula is C25H33N3O3. The molecule has 0 radical (unpaired) electrons. The summed E-state index contributed by atoms with van der Waals surface area (Å²) in [4.78, 5) is 27.1. The van der Waals surface area contributed by atoms with Crippen LogP contribution in [0.5, 0.6) is 5.75 Å². The topological polar surface area (TPSA) is 70.7 Å². The van der Waals surface area contributed by atoms with Gasteiger partial charge in [0.05, 0.1) is 13.2 Å². The van der Waals surface area contributed by atoms with Gasteiger partial charge in [-0.05, 0) is 49.3 Å². The summed E-state index contributed by atoms with van der Waals surface area (Å²) in [6, 6.07) is 16.8. The molecule has 0 aromatic heterocycles. The minimum atomic E-state index is -0.643. The van der Waals surface area contributed by atoms with Crippen LogP contribution in [0.2, 0.25) is 0 Å². The average molecular weight is 424 g/mol. The van der Waals surface area contributed by atoms with Crippen molar-refractivity contribution < 1.29 is 14.3 Å². The van der Waals surface area contributed by atoms with Crippen molar-refractivity contribution in [2.75, 3.05) is 26.7 Å². The molecule has 0 aliphatic rings. The monoisotopic (exact) mass is 423 g/mol. The van der Waals surface area contributed by atoms with Crippen LogP contribution in [0.25, 0.3) is 6.08 Å². The molecule has 2 aromatic carbocycles. The van der Waals surface area contributed by atoms with E-state index in [1.807, 2.05) is 54.6 Å². The lowest BCUT2D eigenvalue weighted by molar-refractivity contribution is -0.126. The van der Waals surface area contributed by atoms with E-state index in [1.165, 1.54) is 6.08 Å². The third-order valence-electron chi connectivity index (χ3n) is 5.18. The highest BCUT2D eigenvalue weighted by molar-refractivity contribution is 5.95. The van der Waals surface area contributed by atoms with Crippen molar-refractivity contribution in [1.82, 2.24) is 15.5 Å². The van der Waals surface area contributed by atoms with Gasteiger partial charge in [-0.25, -0.2) is 0 Å². The van der Waals surface area contributed by atoms with Crippen LogP contribution in [-0.4, -0.2) is 49.5 Å². The summed E-state index contributed by atoms with van der Waals surface area (Å²) >= 11 is 0. The molecule has 2 rings (SSSR count). The van der Waals surface area contributed by atoms with Gasteiger partial charge < -0.3 is 15.4 Å². The van der Waals surface area contributed by atoms with Crippen LogP contribution in [0.15, 0.2) is 60.7 Å². The lowest BCUT2D eigenvalue weighted by Gasteiger charge is -2.31. The zero-order valence-electron chi connectivity index (χ0n) is 18.8. The van der Waals surface area contributed by atoms with Crippen LogP contribution in [-0.2, 0) is 9.59 Å². The molecule has 2 amide bonds. The highest BCUT2D eigenvalue weighted by Gasteiger charge is 2.21. The Morgan fingerprint density at radius 3 is 2.42 bits per heavy atom. The summed E-state index contributed by atoms with van der Waals surface area (Å²) in [5.74, 6) is 0.257. The number of rotatable bonds is 11. The first kappa shape index (κ1) is 24.2. The van der Waals surface area contributed by atoms with Crippen molar-refractivity contribution in [3.05, 3.63) is 71.8 Å². The molecule has 2 aromatic rings. The largest absolute Gasteiger partial charge is 0.497 e. The number of hydrogen-bond acceptors (Lipinski definition) is 4. The van der Waals surface area contributed by atoms with Gasteiger partial charge in [0.15, 0.2) is 0 Å². The van der Waals surface area contributed by atoms with Gasteiger partial charge in [0, 0.05) is 12.6 Å². The molecule has 6 nitrogen and oxygen atoms in total. The third-order valence-corrected chi connectivity index (χ3v) is 5.18. The number of hydrogen-bond donors (Lipinski definition) is 2. The first-order chi connectivity index (χ1) is 15.0. The fraction of sp³-hybridized carbons (Fsp3) is 0.360. The van der Waals surface area contributed by atoms with E-state index in [0.29, 0.717) is 6.54 Å². The average Bonchev–Trinajstić information content (AvgIpc) is 2.80. The first-order valence-corrected chi connectivity index (χ1v) is 10.7. The van der Waals surface area contributed by atoms with E-state index in [0.717, 1.165) is 30.0 Å². The smallest absolute Gasteiger partial charge is 0.244 e. The lowest BCUT2D eigenvalue weighted by atomic mass is 10.0. The van der Waals surface area contributed by atoms with Gasteiger partial charge in [-0.1, -0.05) is 56.3 Å². The van der Waals surface area contributed by atoms with E-state index in [9.17, 15) is 9.59 Å². The fourth-order valence-electron chi connectivity index (χ4n) is 3.38. The second-order valence-electron chi connectivity index (χ2n) is 7.23. The van der Waals surface area contributed by atoms with Crippen LogP contribution >= 0.6 is 0 Å². The number of carbonyl (C=O) groups is 2. The van der Waals surface area contributed by atoms with Crippen molar-refractivity contribution in [1.29, 1.82) is 0 Å². The predicted octanol–water partition coefficient (Wildman–Crippen LogP) is 3.41. The van der Waals surface area contributed by atoms with Crippen LogP contribution in [0.3, 0.4) is 0 Å². The minimum absolute atomic E-state index is 0.00919. The van der Waals surface area contributed by atoms with E-state index in [-0.39, 0.29) is 17.9 Å². The molecule has 0 spiro atoms. The van der Waals surface area contributed by atoms with Gasteiger partial charge in [0.1, 0.15) is 11.8 Å². The van der Waals surface area contributed by atoms with Crippen LogP contribution < -0.4 is 15.4 Å². The molecule has 0 bridgehead atoms. The summed E-state index contributed by atoms with van der Waals surface area (Å²) in [6.07, 6.45) is 3.16. The van der Waals surface area contributed by atoms with Crippen molar-refractivity contribution in [2.45, 2.75) is 32.9 Å². The summed E-state index contributed by atoms with van der Waals surface area (Å²) < 4.78 is 5.35. The molecule has 0 fully saturated rings. The van der Waals surface area contributed by atoms with E-state index in [1.54, 1.807) is 20.1 Å². The van der Waals surface area contributed by atoms with Gasteiger partial charge in [-0.3, -0.25) is 14.5 Å². The van der Waals surface area contributed by atoms with Crippen molar-refractivity contribution in [2.24, 2.45) is 0 Å². The van der Waals surface area contributed by atoms with Gasteiger partial charge in [-0.15, -0.1) is 0 Å². The molecule has 0 saturated carbocycles. The Balaban J connectivity index is 1.97. The van der Waals surface area contributed by atoms with Gasteiger partial charge in [0.25, 0.3) is 0 Å². The maximum Gasteiger partial charge on any atom is 0.244 e. The first-order valence-electron chi connectivity index (χ1n) is 10.7. The summed E-state index contributed by atoms with van der Waals surface area (Å²) in [6.45, 7) is 8.02. The van der Waals surface area contributed by atoms with Crippen molar-refractivity contribution >= 4 is 17.9 Å². The summed E-state index contributed by atoms with van der Waals surface area (Å²) in [5, 5.41) is 5.70. The predicted molar refractivity (Wildman–Crippen MR) is 125 cm³/mol. The zero-order valence-corrected chi connectivity index (χ0v) is 18.8. The maximum absolute atomic E-state index is 12.6. The minimum Gasteiger partial charge on any atom is -0.497 e. The lowest BCUT2D eigenvalue weighted by Crippen LogP contribution is -2.47. The van der Waals surface area contributed by atoms with Crippen LogP contribution in [0, 0.1) is 0 Å². The molecule has 2 atom stereocenters. The number of amides is 2. The summed E-state index contributed by atoms with van der Waals surface area (Å²) in [5.41, 5.74) is 2.00. The summed E-state index contributed by atoms with van der Waals surface area (Å²) in [7, 11) is 1.64. The quantitative estimate of drug-likeness (QED) is 0.544. The Labute approximate surface area is 185 Å². The second kappa shape index (κ2) is 12.5. The van der Waals surface area contributed by atoms with Crippen molar-refractivity contribution in [3.63, 3.8) is 0 Å². The Bertz CT molecular complexity index is 863. The Morgan fingerprint density at radius 1 is 1.06 bits per heavy atom. The van der Waals surface area contributed by atoms with Crippen molar-refractivity contribution in [3.8, 4) is 5.75 Å². The maximum atomic E-state index is 12.6. The molecule has 0 aliphatic carbocycles. The number of carbonyl (C=O) groups excluding carboxylic acids is 2. The number of likely N-dealkylation sites (N-methyl/N-ethyl adjacent to an activating group) is 1. The number of nitrogens with one attached hydrogen (secondary N) is 2. The van der Waals surface area contributed by atoms with E-state index in [2.05, 4.69) is 29.4 Å². The van der Waals surface area contributed by atoms with E-state index < -0.39 is 6.04 Å². The fourth-order valence-corrected chi connectivity index (χ4v) is 3.38. The molecule has 0 heterocycles. The SMILES string of the molecule is CCN(CC)[C@@H](CNC(=O)[C@@H](C)NC(=O)/C=C/c1ccccc1)c1cccc(OC)c1. The van der Waals surface area contributed by atoms with Gasteiger partial charge in [-0.2, -0.15) is 0 Å². The molecule has 0 aliphatic heterocycles. The second-order valence-corrected chi connectivity index (χ2v) is 7.23. The molecule has 2 N–H and O–H groups in total. The normalized spacial score (nSPS) is 13.1. The molecular weight excluding hydrogens is 390 g/mol. The standard InChI is InChI=1S/C25H33N3O3/c1-5-28(6-2)23(21-13-10-14-22(17-21)31-4)18-26-25(30)19(3)27-24(29)16-15-20-11-8-7-9-12-20/h7-17,19,23H,5-6,18H2,1-4H3,(H,26,30)(H,27,29)/b16-15+/t19-,23+/m1/s1. The number of ether oxygens (including phenoxy) is 1. The van der Waals surface area contributed by atoms with E-state index >= 15 is 0 Å². The molecule has 0 unspecified atom stereocenters. The molecule has 166 valence electrons. The van der Waals surface area contributed by atoms with E-state index in [4.69, 9.17) is 4.74 Å². The number of methoxy groups -OCH3 is 1. The Hall–Kier alpha value is -3.12. The molecule has 0 saturated heterocycles. The molecule has 6 heteroatoms. The zero-order chi connectivity index (χ0) is 22.6. The number of nitrogens with zero attached hydrogens (tertiary/aromatic N) is 1. The highest BCUT2D eigenvalue weighted by Crippen LogP contribution is 2.23. The van der Waals surface area contributed by atoms with Gasteiger partial charge >= 0.3 is 0 Å². The third kappa shape index (κ3) is 7.57. The Kier molecular flexibility index (Phi) is 9.78. The number of benzene rings is 2. The Morgan fingerprint density at radius 2 is 1.77 bits per heavy atom. The molecule has 31 heavy (non-hydrogen) atoms. The highest BCUT2D eigenvalue weighted by atomic mass is 16.5.